The van der Waals surface area contributed by atoms with Crippen LogP contribution in [0.3, 0.4) is 0 Å². The molecule has 0 aliphatic heterocycles. The number of methoxy groups -OCH3 is 1. The van der Waals surface area contributed by atoms with E-state index in [1.165, 1.54) is 29.9 Å². The minimum atomic E-state index is -0.825. The van der Waals surface area contributed by atoms with Crippen molar-refractivity contribution in [2.24, 2.45) is 0 Å². The molecule has 3 N–H and O–H groups in total. The number of carbonyl (C=O) groups is 1. The zero-order valence-corrected chi connectivity index (χ0v) is 18.5. The number of aromatic nitrogens is 1. The Bertz CT molecular complexity index is 1190. The average Bonchev–Trinajstić information content (AvgIpc) is 2.75. The normalized spacial score (nSPS) is 11.8. The summed E-state index contributed by atoms with van der Waals surface area (Å²) < 4.78 is 6.33. The Balaban J connectivity index is 2.06. The van der Waals surface area contributed by atoms with Crippen LogP contribution in [-0.4, -0.2) is 33.0 Å². The fourth-order valence-electron chi connectivity index (χ4n) is 3.65. The summed E-state index contributed by atoms with van der Waals surface area (Å²) in [7, 11) is 1.24. The highest BCUT2D eigenvalue weighted by Crippen LogP contribution is 2.35. The quantitative estimate of drug-likeness (QED) is 0.465. The average molecular weight is 458 g/mol. The van der Waals surface area contributed by atoms with Gasteiger partial charge in [-0.25, -0.2) is 0 Å². The van der Waals surface area contributed by atoms with E-state index < -0.39 is 17.4 Å². The van der Waals surface area contributed by atoms with Gasteiger partial charge in [0, 0.05) is 18.2 Å². The molecular weight excluding hydrogens is 434 g/mol. The molecule has 1 aromatic heterocycles. The fraction of sp³-hybridized carbons (Fsp3) is 0.250. The summed E-state index contributed by atoms with van der Waals surface area (Å²) in [6, 6.07) is 12.6. The summed E-state index contributed by atoms with van der Waals surface area (Å²) >= 11 is 6.05. The number of hydrogen-bond donors (Lipinski definition) is 3. The lowest BCUT2D eigenvalue weighted by Crippen LogP contribution is -2.29. The van der Waals surface area contributed by atoms with Crippen molar-refractivity contribution < 1.29 is 24.9 Å². The first-order valence-corrected chi connectivity index (χ1v) is 10.4. The van der Waals surface area contributed by atoms with Crippen molar-refractivity contribution in [1.82, 2.24) is 4.57 Å². The van der Waals surface area contributed by atoms with Crippen LogP contribution in [-0.2, 0) is 22.5 Å². The first-order chi connectivity index (χ1) is 15.2. The van der Waals surface area contributed by atoms with Crippen LogP contribution in [0.5, 0.6) is 17.2 Å². The molecule has 0 saturated heterocycles. The third-order valence-corrected chi connectivity index (χ3v) is 5.71. The molecule has 0 spiro atoms. The molecule has 32 heavy (non-hydrogen) atoms. The molecule has 0 unspecified atom stereocenters. The van der Waals surface area contributed by atoms with Crippen molar-refractivity contribution in [2.75, 3.05) is 7.11 Å². The number of benzene rings is 2. The number of aryl methyl sites for hydroxylation is 2. The molecule has 7 nitrogen and oxygen atoms in total. The van der Waals surface area contributed by atoms with Gasteiger partial charge >= 0.3 is 5.97 Å². The molecule has 0 amide bonds. The lowest BCUT2D eigenvalue weighted by atomic mass is 9.88. The number of carbonyl (C=O) groups excluding carboxylic acids is 1. The van der Waals surface area contributed by atoms with E-state index in [1.807, 2.05) is 0 Å². The Labute approximate surface area is 190 Å². The number of hydrogen-bond acceptors (Lipinski definition) is 6. The van der Waals surface area contributed by atoms with E-state index in [-0.39, 0.29) is 34.3 Å². The van der Waals surface area contributed by atoms with Gasteiger partial charge in [-0.2, -0.15) is 0 Å². The van der Waals surface area contributed by atoms with E-state index in [2.05, 4.69) is 0 Å². The van der Waals surface area contributed by atoms with Gasteiger partial charge in [0.25, 0.3) is 5.56 Å². The maximum absolute atomic E-state index is 13.5. The fourth-order valence-corrected chi connectivity index (χ4v) is 3.84. The number of nitrogens with zero attached hydrogens (tertiary/aromatic N) is 1. The van der Waals surface area contributed by atoms with Crippen LogP contribution >= 0.6 is 11.6 Å². The molecule has 3 rings (SSSR count). The predicted octanol–water partition coefficient (Wildman–Crippen LogP) is 3.86. The van der Waals surface area contributed by atoms with Gasteiger partial charge in [0.05, 0.1) is 24.1 Å². The number of aromatic hydroxyl groups is 3. The molecule has 0 aliphatic rings. The van der Waals surface area contributed by atoms with Crippen molar-refractivity contribution in [3.05, 3.63) is 86.3 Å². The first-order valence-electron chi connectivity index (χ1n) is 9.97. The molecule has 168 valence electrons. The minimum absolute atomic E-state index is 0.0495. The second kappa shape index (κ2) is 9.78. The topological polar surface area (TPSA) is 109 Å². The van der Waals surface area contributed by atoms with Crippen LogP contribution in [0, 0.1) is 6.92 Å². The highest BCUT2D eigenvalue weighted by atomic mass is 35.5. The zero-order chi connectivity index (χ0) is 23.4. The molecule has 2 aromatic carbocycles. The molecule has 0 aliphatic carbocycles. The summed E-state index contributed by atoms with van der Waals surface area (Å²) in [5.41, 5.74) is 1.60. The molecule has 0 fully saturated rings. The first kappa shape index (κ1) is 23.2. The third kappa shape index (κ3) is 5.06. The van der Waals surface area contributed by atoms with E-state index >= 15 is 0 Å². The van der Waals surface area contributed by atoms with Gasteiger partial charge < -0.3 is 24.6 Å². The summed E-state index contributed by atoms with van der Waals surface area (Å²) in [4.78, 5) is 25.6. The lowest BCUT2D eigenvalue weighted by Gasteiger charge is -2.21. The van der Waals surface area contributed by atoms with Crippen molar-refractivity contribution in [1.29, 1.82) is 0 Å². The van der Waals surface area contributed by atoms with E-state index in [0.717, 1.165) is 5.56 Å². The number of phenolic OH excluding ortho intramolecular Hbond substituents is 2. The van der Waals surface area contributed by atoms with Crippen LogP contribution in [0.15, 0.2) is 53.3 Å². The van der Waals surface area contributed by atoms with Crippen LogP contribution < -0.4 is 5.56 Å². The Kier molecular flexibility index (Phi) is 7.10. The Morgan fingerprint density at radius 2 is 1.75 bits per heavy atom. The number of phenols is 2. The monoisotopic (exact) mass is 457 g/mol. The second-order valence-corrected chi connectivity index (χ2v) is 7.91. The van der Waals surface area contributed by atoms with Crippen molar-refractivity contribution in [3.63, 3.8) is 0 Å². The molecule has 0 saturated carbocycles. The maximum Gasteiger partial charge on any atom is 0.306 e. The molecular formula is C24H24ClNO6. The number of pyridine rings is 1. The van der Waals surface area contributed by atoms with E-state index in [1.54, 1.807) is 37.3 Å². The van der Waals surface area contributed by atoms with Gasteiger partial charge in [-0.15, -0.1) is 0 Å². The van der Waals surface area contributed by atoms with E-state index in [9.17, 15) is 24.9 Å². The van der Waals surface area contributed by atoms with Crippen molar-refractivity contribution in [2.45, 2.75) is 32.2 Å². The summed E-state index contributed by atoms with van der Waals surface area (Å²) in [6.45, 7) is 2.05. The number of rotatable bonds is 7. The molecule has 8 heteroatoms. The molecule has 0 bridgehead atoms. The van der Waals surface area contributed by atoms with Crippen molar-refractivity contribution >= 4 is 17.6 Å². The number of ether oxygens (including phenoxy) is 1. The number of halogens is 1. The van der Waals surface area contributed by atoms with Crippen LogP contribution in [0.4, 0.5) is 0 Å². The summed E-state index contributed by atoms with van der Waals surface area (Å²) in [5.74, 6) is -1.59. The Hall–Kier alpha value is -3.45. The van der Waals surface area contributed by atoms with Crippen molar-refractivity contribution in [3.8, 4) is 17.2 Å². The van der Waals surface area contributed by atoms with Gasteiger partial charge in [0.2, 0.25) is 0 Å². The Morgan fingerprint density at radius 3 is 2.38 bits per heavy atom. The van der Waals surface area contributed by atoms with Gasteiger partial charge in [-0.05, 0) is 54.8 Å². The summed E-state index contributed by atoms with van der Waals surface area (Å²) in [6.07, 6.45) is 0.333. The van der Waals surface area contributed by atoms with E-state index in [4.69, 9.17) is 16.3 Å². The zero-order valence-electron chi connectivity index (χ0n) is 17.7. The molecule has 1 atom stereocenters. The second-order valence-electron chi connectivity index (χ2n) is 7.50. The lowest BCUT2D eigenvalue weighted by molar-refractivity contribution is -0.140. The largest absolute Gasteiger partial charge is 0.508 e. The highest BCUT2D eigenvalue weighted by molar-refractivity contribution is 6.32. The predicted molar refractivity (Wildman–Crippen MR) is 121 cm³/mol. The van der Waals surface area contributed by atoms with Crippen LogP contribution in [0.1, 0.15) is 34.7 Å². The Morgan fingerprint density at radius 1 is 1.06 bits per heavy atom. The number of esters is 1. The molecule has 1 heterocycles. The molecule has 0 radical (unpaired) electrons. The van der Waals surface area contributed by atoms with Gasteiger partial charge in [-0.1, -0.05) is 29.8 Å². The SMILES string of the molecule is COC(=O)C[C@H](c1ccc(O)c(Cl)c1)c1c(O)cc(C)n(CCc2ccc(O)cc2)c1=O. The van der Waals surface area contributed by atoms with Crippen LogP contribution in [0.25, 0.3) is 0 Å². The summed E-state index contributed by atoms with van der Waals surface area (Å²) in [5, 5.41) is 29.9. The van der Waals surface area contributed by atoms with Crippen LogP contribution in [0.2, 0.25) is 5.02 Å². The highest BCUT2D eigenvalue weighted by Gasteiger charge is 2.27. The standard InChI is InChI=1S/C24H24ClNO6/c1-14-11-21(29)23(24(31)26(14)10-9-15-3-6-17(27)7-4-15)18(13-22(30)32-2)16-5-8-20(28)19(25)12-16/h3-8,11-12,18,27-29H,9-10,13H2,1-2H3/t18-/m1/s1. The smallest absolute Gasteiger partial charge is 0.306 e. The van der Waals surface area contributed by atoms with E-state index in [0.29, 0.717) is 24.2 Å². The van der Waals surface area contributed by atoms with Gasteiger partial charge in [0.1, 0.15) is 17.2 Å². The third-order valence-electron chi connectivity index (χ3n) is 5.40. The maximum atomic E-state index is 13.5. The van der Waals surface area contributed by atoms with Gasteiger partial charge in [-0.3, -0.25) is 9.59 Å². The minimum Gasteiger partial charge on any atom is -0.508 e. The van der Waals surface area contributed by atoms with Gasteiger partial charge in [0.15, 0.2) is 0 Å². The molecule has 3 aromatic rings.